The number of likely N-dealkylation sites (tertiary alicyclic amines) is 1. The molecule has 1 aromatic carbocycles. The molecule has 2 amide bonds. The van der Waals surface area contributed by atoms with Crippen molar-refractivity contribution in [1.82, 2.24) is 10.2 Å². The Labute approximate surface area is 140 Å². The van der Waals surface area contributed by atoms with Gasteiger partial charge in [-0.15, -0.1) is 0 Å². The molecule has 1 fully saturated rings. The molecule has 1 N–H and O–H groups in total. The Morgan fingerprint density at radius 3 is 2.65 bits per heavy atom. The van der Waals surface area contributed by atoms with Crippen LogP contribution in [-0.2, 0) is 21.3 Å². The Morgan fingerprint density at radius 2 is 2.00 bits per heavy atom. The van der Waals surface area contributed by atoms with Crippen molar-refractivity contribution in [2.45, 2.75) is 31.6 Å². The lowest BCUT2D eigenvalue weighted by molar-refractivity contribution is 0.0221. The second kappa shape index (κ2) is 9.67. The predicted octanol–water partition coefficient (Wildman–Crippen LogP) is 2.15. The minimum Gasteiger partial charge on any atom is -0.378 e. The minimum atomic E-state index is -0.954. The summed E-state index contributed by atoms with van der Waals surface area (Å²) in [4.78, 5) is 13.9. The van der Waals surface area contributed by atoms with Gasteiger partial charge in [0.2, 0.25) is 0 Å². The van der Waals surface area contributed by atoms with Gasteiger partial charge in [0.1, 0.15) is 0 Å². The molecule has 1 heterocycles. The fourth-order valence-corrected chi connectivity index (χ4v) is 3.72. The second-order valence-corrected chi connectivity index (χ2v) is 7.22. The molecule has 0 saturated carbocycles. The van der Waals surface area contributed by atoms with Crippen LogP contribution in [0.1, 0.15) is 25.3 Å². The smallest absolute Gasteiger partial charge is 0.317 e. The van der Waals surface area contributed by atoms with E-state index in [0.29, 0.717) is 18.1 Å². The highest BCUT2D eigenvalue weighted by molar-refractivity contribution is 7.84. The topological polar surface area (TPSA) is 58.6 Å². The average molecular weight is 338 g/mol. The van der Waals surface area contributed by atoms with Gasteiger partial charge in [-0.1, -0.05) is 30.3 Å². The van der Waals surface area contributed by atoms with Crippen LogP contribution in [-0.4, -0.2) is 53.2 Å². The van der Waals surface area contributed by atoms with Crippen molar-refractivity contribution in [2.75, 3.05) is 32.0 Å². The molecule has 1 aliphatic rings. The molecular formula is C17H26N2O3S. The second-order valence-electron chi connectivity index (χ2n) is 5.65. The zero-order chi connectivity index (χ0) is 16.5. The Morgan fingerprint density at radius 1 is 1.30 bits per heavy atom. The van der Waals surface area contributed by atoms with Gasteiger partial charge in [0.25, 0.3) is 0 Å². The number of ether oxygens (including phenoxy) is 1. The summed E-state index contributed by atoms with van der Waals surface area (Å²) in [6.45, 7) is 4.62. The van der Waals surface area contributed by atoms with E-state index in [4.69, 9.17) is 4.74 Å². The van der Waals surface area contributed by atoms with E-state index in [1.807, 2.05) is 42.2 Å². The average Bonchev–Trinajstić information content (AvgIpc) is 2.56. The Balaban J connectivity index is 1.62. The summed E-state index contributed by atoms with van der Waals surface area (Å²) in [5, 5.41) is 2.87. The monoisotopic (exact) mass is 338 g/mol. The van der Waals surface area contributed by atoms with Gasteiger partial charge in [-0.05, 0) is 25.3 Å². The van der Waals surface area contributed by atoms with Gasteiger partial charge >= 0.3 is 6.03 Å². The zero-order valence-electron chi connectivity index (χ0n) is 13.7. The van der Waals surface area contributed by atoms with Crippen LogP contribution in [0.3, 0.4) is 0 Å². The van der Waals surface area contributed by atoms with Gasteiger partial charge in [0.15, 0.2) is 0 Å². The van der Waals surface area contributed by atoms with Gasteiger partial charge in [-0.25, -0.2) is 4.79 Å². The number of piperidine rings is 1. The first-order chi connectivity index (χ1) is 11.2. The van der Waals surface area contributed by atoms with Gasteiger partial charge in [-0.3, -0.25) is 4.21 Å². The van der Waals surface area contributed by atoms with Crippen LogP contribution in [0.2, 0.25) is 0 Å². The molecule has 0 radical (unpaired) electrons. The molecular weight excluding hydrogens is 312 g/mol. The summed E-state index contributed by atoms with van der Waals surface area (Å²) in [5.41, 5.74) is 1.06. The summed E-state index contributed by atoms with van der Waals surface area (Å²) >= 11 is 0. The number of benzene rings is 1. The van der Waals surface area contributed by atoms with Gasteiger partial charge < -0.3 is 15.0 Å². The quantitative estimate of drug-likeness (QED) is 0.829. The van der Waals surface area contributed by atoms with Crippen LogP contribution >= 0.6 is 0 Å². The third-order valence-corrected chi connectivity index (χ3v) is 5.22. The van der Waals surface area contributed by atoms with E-state index < -0.39 is 10.8 Å². The minimum absolute atomic E-state index is 0.0586. The van der Waals surface area contributed by atoms with Crippen molar-refractivity contribution in [3.05, 3.63) is 35.9 Å². The first kappa shape index (κ1) is 17.9. The summed E-state index contributed by atoms with van der Waals surface area (Å²) in [7, 11) is -0.954. The van der Waals surface area contributed by atoms with Crippen molar-refractivity contribution in [3.63, 3.8) is 0 Å². The summed E-state index contributed by atoms with van der Waals surface area (Å²) in [6, 6.07) is 9.72. The molecule has 2 rings (SSSR count). The van der Waals surface area contributed by atoms with Crippen molar-refractivity contribution in [1.29, 1.82) is 0 Å². The molecule has 128 valence electrons. The van der Waals surface area contributed by atoms with Crippen molar-refractivity contribution in [2.24, 2.45) is 0 Å². The number of amides is 2. The van der Waals surface area contributed by atoms with Crippen molar-refractivity contribution in [3.8, 4) is 0 Å². The molecule has 23 heavy (non-hydrogen) atoms. The molecule has 6 heteroatoms. The van der Waals surface area contributed by atoms with Crippen LogP contribution in [0.15, 0.2) is 30.3 Å². The van der Waals surface area contributed by atoms with Crippen LogP contribution in [0.5, 0.6) is 0 Å². The van der Waals surface area contributed by atoms with Crippen LogP contribution < -0.4 is 5.32 Å². The highest BCUT2D eigenvalue weighted by Crippen LogP contribution is 2.13. The van der Waals surface area contributed by atoms with E-state index >= 15 is 0 Å². The summed E-state index contributed by atoms with van der Waals surface area (Å²) in [6.07, 6.45) is 2.06. The molecule has 0 unspecified atom stereocenters. The van der Waals surface area contributed by atoms with E-state index in [2.05, 4.69) is 5.32 Å². The van der Waals surface area contributed by atoms with Crippen LogP contribution in [0.4, 0.5) is 4.79 Å². The van der Waals surface area contributed by atoms with E-state index in [1.165, 1.54) is 0 Å². The SMILES string of the molecule is CCOC1CCN(C(=O)NCC[S@](=O)Cc2ccccc2)CC1. The molecule has 0 aliphatic carbocycles. The molecule has 1 aromatic rings. The van der Waals surface area contributed by atoms with Crippen LogP contribution in [0, 0.1) is 0 Å². The molecule has 0 bridgehead atoms. The van der Waals surface area contributed by atoms with E-state index in [9.17, 15) is 9.00 Å². The number of hydrogen-bond acceptors (Lipinski definition) is 3. The number of nitrogens with one attached hydrogen (secondary N) is 1. The van der Waals surface area contributed by atoms with Crippen molar-refractivity contribution < 1.29 is 13.7 Å². The summed E-state index contributed by atoms with van der Waals surface area (Å²) in [5.74, 6) is 1.02. The molecule has 5 nitrogen and oxygen atoms in total. The Bertz CT molecular complexity index is 502. The van der Waals surface area contributed by atoms with Gasteiger partial charge in [0.05, 0.1) is 6.10 Å². The molecule has 0 aromatic heterocycles. The maximum Gasteiger partial charge on any atom is 0.317 e. The van der Waals surface area contributed by atoms with E-state index in [-0.39, 0.29) is 12.1 Å². The Kier molecular flexibility index (Phi) is 7.55. The predicted molar refractivity (Wildman–Crippen MR) is 92.8 cm³/mol. The lowest BCUT2D eigenvalue weighted by Crippen LogP contribution is -2.46. The normalized spacial score (nSPS) is 17.0. The van der Waals surface area contributed by atoms with Gasteiger partial charge in [-0.2, -0.15) is 0 Å². The molecule has 0 spiro atoms. The standard InChI is InChI=1S/C17H26N2O3S/c1-2-22-16-8-11-19(12-9-16)17(20)18-10-13-23(21)14-15-6-4-3-5-7-15/h3-7,16H,2,8-14H2,1H3,(H,18,20)/t23-/m0/s1. The summed E-state index contributed by atoms with van der Waals surface area (Å²) < 4.78 is 17.6. The lowest BCUT2D eigenvalue weighted by Gasteiger charge is -2.31. The molecule has 1 atom stereocenters. The fourth-order valence-electron chi connectivity index (χ4n) is 2.68. The zero-order valence-corrected chi connectivity index (χ0v) is 14.5. The highest BCUT2D eigenvalue weighted by atomic mass is 32.2. The fraction of sp³-hybridized carbons (Fsp3) is 0.588. The van der Waals surface area contributed by atoms with Crippen molar-refractivity contribution >= 4 is 16.8 Å². The number of hydrogen-bond donors (Lipinski definition) is 1. The van der Waals surface area contributed by atoms with Crippen LogP contribution in [0.25, 0.3) is 0 Å². The third-order valence-electron chi connectivity index (χ3n) is 3.91. The van der Waals surface area contributed by atoms with Gasteiger partial charge in [0, 0.05) is 48.5 Å². The first-order valence-corrected chi connectivity index (χ1v) is 9.71. The number of carbonyl (C=O) groups excluding carboxylic acids is 1. The number of rotatable bonds is 7. The van der Waals surface area contributed by atoms with E-state index in [1.54, 1.807) is 0 Å². The highest BCUT2D eigenvalue weighted by Gasteiger charge is 2.22. The largest absolute Gasteiger partial charge is 0.378 e. The number of carbonyl (C=O) groups is 1. The van der Waals surface area contributed by atoms with E-state index in [0.717, 1.165) is 38.1 Å². The number of nitrogens with zero attached hydrogens (tertiary/aromatic N) is 1. The molecule has 1 aliphatic heterocycles. The third kappa shape index (κ3) is 6.31. The Hall–Kier alpha value is -1.40. The maximum absolute atomic E-state index is 12.1. The lowest BCUT2D eigenvalue weighted by atomic mass is 10.1. The molecule has 1 saturated heterocycles. The number of urea groups is 1. The first-order valence-electron chi connectivity index (χ1n) is 8.22. The maximum atomic E-state index is 12.1.